The summed E-state index contributed by atoms with van der Waals surface area (Å²) >= 11 is 0. The Hall–Kier alpha value is -0.280. The zero-order valence-electron chi connectivity index (χ0n) is 63.9. The fourth-order valence-corrected chi connectivity index (χ4v) is 14.4. The van der Waals surface area contributed by atoms with Gasteiger partial charge in [-0.2, -0.15) is 0 Å². The molecule has 0 aromatic rings. The molecule has 0 unspecified atom stereocenters. The fraction of sp³-hybridized carbons (Fsp3) is 1.00. The van der Waals surface area contributed by atoms with Crippen LogP contribution in [0.4, 0.5) is 0 Å². The average molecular weight is 1290 g/mol. The van der Waals surface area contributed by atoms with Crippen LogP contribution >= 0.6 is 0 Å². The lowest BCUT2D eigenvalue weighted by Crippen LogP contribution is -2.49. The van der Waals surface area contributed by atoms with Gasteiger partial charge in [-0.15, -0.1) is 0 Å². The van der Waals surface area contributed by atoms with Crippen molar-refractivity contribution in [1.29, 1.82) is 0 Å². The molecule has 0 aromatic heterocycles. The van der Waals surface area contributed by atoms with Crippen molar-refractivity contribution < 1.29 is 9.47 Å². The van der Waals surface area contributed by atoms with Crippen molar-refractivity contribution in [2.45, 2.75) is 420 Å². The van der Waals surface area contributed by atoms with E-state index in [1.54, 1.807) is 0 Å². The van der Waals surface area contributed by atoms with E-state index in [-0.39, 0.29) is 0 Å². The number of hydrogen-bond donors (Lipinski definition) is 0. The van der Waals surface area contributed by atoms with E-state index < -0.39 is 0 Å². The van der Waals surface area contributed by atoms with Crippen molar-refractivity contribution in [3.8, 4) is 0 Å². The molecule has 0 N–H and O–H groups in total. The van der Waals surface area contributed by atoms with Gasteiger partial charge >= 0.3 is 0 Å². The summed E-state index contributed by atoms with van der Waals surface area (Å²) in [5, 5.41) is 0. The maximum absolute atomic E-state index is 6.59. The topological polar surface area (TPSA) is 34.7 Å². The first-order valence-corrected chi connectivity index (χ1v) is 42.9. The largest absolute Gasteiger partial charge is 0.379 e. The molecule has 0 radical (unpaired) electrons. The highest BCUT2D eigenvalue weighted by Gasteiger charge is 2.18. The number of nitrogens with zero attached hydrogens (tertiary/aromatic N) is 5. The third-order valence-corrected chi connectivity index (χ3v) is 21.0. The molecule has 1 heterocycles. The SMILES string of the molecule is CCCCCCCCCCCCCCN(CCCCCCCCCCCCCC)CCOCCN(CCCCCCCCCCCCCC)CCN1CCN(CCOCCN(CCCCCCCCCCCCCC)CCCCCCCCCCCCCC)CC1. The van der Waals surface area contributed by atoms with E-state index in [2.05, 4.69) is 59.1 Å². The molecule has 1 aliphatic heterocycles. The van der Waals surface area contributed by atoms with Crippen LogP contribution in [0.1, 0.15) is 420 Å². The van der Waals surface area contributed by atoms with Gasteiger partial charge in [0.2, 0.25) is 0 Å². The minimum absolute atomic E-state index is 0.883. The van der Waals surface area contributed by atoms with Gasteiger partial charge in [0.05, 0.1) is 26.4 Å². The van der Waals surface area contributed by atoms with E-state index in [0.717, 1.165) is 52.6 Å². The van der Waals surface area contributed by atoms with Crippen LogP contribution in [0.3, 0.4) is 0 Å². The molecule has 546 valence electrons. The van der Waals surface area contributed by atoms with Crippen LogP contribution in [-0.4, -0.2) is 149 Å². The number of piperazine rings is 1. The van der Waals surface area contributed by atoms with Gasteiger partial charge in [-0.25, -0.2) is 0 Å². The average Bonchev–Trinajstić information content (AvgIpc) is 3.50. The van der Waals surface area contributed by atoms with E-state index in [1.807, 2.05) is 0 Å². The molecule has 0 saturated carbocycles. The monoisotopic (exact) mass is 1280 g/mol. The third-order valence-electron chi connectivity index (χ3n) is 21.0. The van der Waals surface area contributed by atoms with Crippen LogP contribution in [-0.2, 0) is 9.47 Å². The smallest absolute Gasteiger partial charge is 0.0594 e. The highest BCUT2D eigenvalue weighted by molar-refractivity contribution is 4.74. The van der Waals surface area contributed by atoms with Crippen molar-refractivity contribution in [3.05, 3.63) is 0 Å². The summed E-state index contributed by atoms with van der Waals surface area (Å²) in [4.78, 5) is 13.8. The van der Waals surface area contributed by atoms with Crippen LogP contribution < -0.4 is 0 Å². The first-order chi connectivity index (χ1) is 45.2. The summed E-state index contributed by atoms with van der Waals surface area (Å²) in [6.07, 6.45) is 85.6. The molecule has 1 fully saturated rings. The zero-order valence-corrected chi connectivity index (χ0v) is 63.9. The maximum atomic E-state index is 6.59. The van der Waals surface area contributed by atoms with Gasteiger partial charge in [-0.1, -0.05) is 388 Å². The summed E-state index contributed by atoms with van der Waals surface area (Å²) < 4.78 is 13.0. The summed E-state index contributed by atoms with van der Waals surface area (Å²) in [5.41, 5.74) is 0. The van der Waals surface area contributed by atoms with Gasteiger partial charge in [-0.05, 0) is 64.8 Å². The number of rotatable bonds is 80. The Labute approximate surface area is 575 Å². The van der Waals surface area contributed by atoms with E-state index in [9.17, 15) is 0 Å². The molecule has 7 heteroatoms. The van der Waals surface area contributed by atoms with Crippen LogP contribution in [0.5, 0.6) is 0 Å². The fourth-order valence-electron chi connectivity index (χ4n) is 14.4. The van der Waals surface area contributed by atoms with Crippen molar-refractivity contribution in [2.24, 2.45) is 0 Å². The van der Waals surface area contributed by atoms with Gasteiger partial charge in [0.25, 0.3) is 0 Å². The quantitative estimate of drug-likeness (QED) is 0.0562. The molecule has 0 aromatic carbocycles. The lowest BCUT2D eigenvalue weighted by atomic mass is 10.0. The van der Waals surface area contributed by atoms with Gasteiger partial charge in [0.1, 0.15) is 0 Å². The van der Waals surface area contributed by atoms with Crippen LogP contribution in [0.25, 0.3) is 0 Å². The van der Waals surface area contributed by atoms with Gasteiger partial charge in [0, 0.05) is 65.4 Å². The highest BCUT2D eigenvalue weighted by Crippen LogP contribution is 2.19. The molecule has 1 aliphatic rings. The van der Waals surface area contributed by atoms with E-state index in [1.165, 1.54) is 457 Å². The van der Waals surface area contributed by atoms with E-state index in [0.29, 0.717) is 0 Å². The van der Waals surface area contributed by atoms with Crippen molar-refractivity contribution in [1.82, 2.24) is 24.5 Å². The van der Waals surface area contributed by atoms with Gasteiger partial charge in [0.15, 0.2) is 0 Å². The Balaban J connectivity index is 2.61. The molecule has 91 heavy (non-hydrogen) atoms. The minimum atomic E-state index is 0.883. The second-order valence-electron chi connectivity index (χ2n) is 29.9. The molecule has 1 saturated heterocycles. The van der Waals surface area contributed by atoms with E-state index in [4.69, 9.17) is 9.47 Å². The Morgan fingerprint density at radius 1 is 0.176 bits per heavy atom. The molecule has 7 nitrogen and oxygen atoms in total. The Bertz CT molecular complexity index is 1240. The standard InChI is InChI=1S/C84H173N5O2/c1-6-11-16-21-26-31-36-41-46-51-56-61-66-85(67-62-57-52-47-42-37-32-27-22-17-12-7-2)77-81-90-83-79-87(70-65-60-55-50-45-40-35-30-25-20-15-10-5)71-72-88-73-75-89(76-74-88)80-84-91-82-78-86(68-63-58-53-48-43-38-33-28-23-18-13-8-3)69-64-59-54-49-44-39-34-29-24-19-14-9-4/h6-84H2,1-5H3. The van der Waals surface area contributed by atoms with Crippen LogP contribution in [0, 0.1) is 0 Å². The molecular formula is C84H173N5O2. The lowest BCUT2D eigenvalue weighted by Gasteiger charge is -2.36. The van der Waals surface area contributed by atoms with Crippen LogP contribution in [0.2, 0.25) is 0 Å². The Kier molecular flexibility index (Phi) is 75.2. The first-order valence-electron chi connectivity index (χ1n) is 42.9. The second kappa shape index (κ2) is 77.1. The number of unbranched alkanes of at least 4 members (excludes halogenated alkanes) is 55. The Morgan fingerprint density at radius 3 is 0.549 bits per heavy atom. The predicted octanol–water partition coefficient (Wildman–Crippen LogP) is 25.0. The molecule has 1 rings (SSSR count). The normalized spacial score (nSPS) is 13.5. The molecule has 0 aliphatic carbocycles. The highest BCUT2D eigenvalue weighted by atomic mass is 16.5. The minimum Gasteiger partial charge on any atom is -0.379 e. The molecule has 0 amide bonds. The van der Waals surface area contributed by atoms with Crippen LogP contribution in [0.15, 0.2) is 0 Å². The zero-order chi connectivity index (χ0) is 65.2. The molecule has 0 bridgehead atoms. The Morgan fingerprint density at radius 2 is 0.341 bits per heavy atom. The summed E-state index contributed by atoms with van der Waals surface area (Å²) in [7, 11) is 0. The van der Waals surface area contributed by atoms with Crippen molar-refractivity contribution >= 4 is 0 Å². The number of hydrogen-bond acceptors (Lipinski definition) is 7. The summed E-state index contributed by atoms with van der Waals surface area (Å²) in [6.45, 7) is 33.0. The van der Waals surface area contributed by atoms with Gasteiger partial charge in [-0.3, -0.25) is 14.7 Å². The lowest BCUT2D eigenvalue weighted by molar-refractivity contribution is 0.0571. The predicted molar refractivity (Wildman–Crippen MR) is 409 cm³/mol. The first kappa shape index (κ1) is 88.7. The summed E-state index contributed by atoms with van der Waals surface area (Å²) in [6, 6.07) is 0. The molecule has 0 atom stereocenters. The van der Waals surface area contributed by atoms with E-state index >= 15 is 0 Å². The van der Waals surface area contributed by atoms with Gasteiger partial charge < -0.3 is 19.3 Å². The third kappa shape index (κ3) is 68.1. The molecule has 0 spiro atoms. The molecular weight excluding hydrogens is 1110 g/mol. The maximum Gasteiger partial charge on any atom is 0.0594 e. The second-order valence-corrected chi connectivity index (χ2v) is 29.9. The number of ether oxygens (including phenoxy) is 2. The van der Waals surface area contributed by atoms with Crippen molar-refractivity contribution in [3.63, 3.8) is 0 Å². The van der Waals surface area contributed by atoms with Crippen molar-refractivity contribution in [2.75, 3.05) is 125 Å². The summed E-state index contributed by atoms with van der Waals surface area (Å²) in [5.74, 6) is 0.